The SMILES string of the molecule is CN(C)Cc1cc(CC2CCNC2)ccc1O. The predicted octanol–water partition coefficient (Wildman–Crippen LogP) is 1.61. The summed E-state index contributed by atoms with van der Waals surface area (Å²) in [5.74, 6) is 1.17. The molecule has 1 saturated heterocycles. The zero-order chi connectivity index (χ0) is 12.3. The molecule has 0 aliphatic carbocycles. The van der Waals surface area contributed by atoms with Crippen LogP contribution in [0.3, 0.4) is 0 Å². The van der Waals surface area contributed by atoms with E-state index in [1.54, 1.807) is 0 Å². The summed E-state index contributed by atoms with van der Waals surface area (Å²) in [6.07, 6.45) is 2.39. The van der Waals surface area contributed by atoms with Crippen molar-refractivity contribution in [2.75, 3.05) is 27.2 Å². The van der Waals surface area contributed by atoms with E-state index in [2.05, 4.69) is 16.3 Å². The second-order valence-corrected chi connectivity index (χ2v) is 5.26. The van der Waals surface area contributed by atoms with Gasteiger partial charge in [0.25, 0.3) is 0 Å². The topological polar surface area (TPSA) is 35.5 Å². The van der Waals surface area contributed by atoms with Gasteiger partial charge in [-0.15, -0.1) is 0 Å². The Morgan fingerprint density at radius 2 is 2.24 bits per heavy atom. The van der Waals surface area contributed by atoms with E-state index in [1.165, 1.54) is 12.0 Å². The maximum Gasteiger partial charge on any atom is 0.120 e. The summed E-state index contributed by atoms with van der Waals surface area (Å²) < 4.78 is 0. The number of hydrogen-bond acceptors (Lipinski definition) is 3. The van der Waals surface area contributed by atoms with E-state index >= 15 is 0 Å². The fourth-order valence-electron chi connectivity index (χ4n) is 2.46. The minimum absolute atomic E-state index is 0.409. The maximum atomic E-state index is 9.81. The van der Waals surface area contributed by atoms with Gasteiger partial charge in [-0.3, -0.25) is 0 Å². The molecule has 3 nitrogen and oxygen atoms in total. The van der Waals surface area contributed by atoms with Gasteiger partial charge in [-0.05, 0) is 57.6 Å². The fourth-order valence-corrected chi connectivity index (χ4v) is 2.46. The second kappa shape index (κ2) is 5.52. The summed E-state index contributed by atoms with van der Waals surface area (Å²) in [5, 5.41) is 13.2. The van der Waals surface area contributed by atoms with Crippen LogP contribution < -0.4 is 5.32 Å². The number of nitrogens with one attached hydrogen (secondary N) is 1. The zero-order valence-corrected chi connectivity index (χ0v) is 10.7. The van der Waals surface area contributed by atoms with E-state index < -0.39 is 0 Å². The molecule has 0 saturated carbocycles. The van der Waals surface area contributed by atoms with Crippen LogP contribution in [0.1, 0.15) is 17.5 Å². The summed E-state index contributed by atoms with van der Waals surface area (Å²) in [5.41, 5.74) is 2.37. The molecule has 1 aromatic rings. The largest absolute Gasteiger partial charge is 0.508 e. The number of benzene rings is 1. The lowest BCUT2D eigenvalue weighted by Gasteiger charge is -2.14. The van der Waals surface area contributed by atoms with Crippen LogP contribution in [0.4, 0.5) is 0 Å². The van der Waals surface area contributed by atoms with E-state index in [0.29, 0.717) is 5.75 Å². The molecule has 0 radical (unpaired) electrons. The number of aromatic hydroxyl groups is 1. The number of hydrogen-bond donors (Lipinski definition) is 2. The first-order valence-electron chi connectivity index (χ1n) is 6.31. The van der Waals surface area contributed by atoms with Gasteiger partial charge in [-0.1, -0.05) is 12.1 Å². The van der Waals surface area contributed by atoms with Crippen molar-refractivity contribution in [3.8, 4) is 5.75 Å². The lowest BCUT2D eigenvalue weighted by Crippen LogP contribution is -2.12. The average molecular weight is 234 g/mol. The Balaban J connectivity index is 2.06. The summed E-state index contributed by atoms with van der Waals surface area (Å²) in [4.78, 5) is 2.08. The summed E-state index contributed by atoms with van der Waals surface area (Å²) >= 11 is 0. The van der Waals surface area contributed by atoms with Crippen LogP contribution >= 0.6 is 0 Å². The lowest BCUT2D eigenvalue weighted by molar-refractivity contribution is 0.385. The third-order valence-corrected chi connectivity index (χ3v) is 3.32. The smallest absolute Gasteiger partial charge is 0.120 e. The van der Waals surface area contributed by atoms with Crippen LogP contribution in [0.15, 0.2) is 18.2 Å². The van der Waals surface area contributed by atoms with E-state index in [-0.39, 0.29) is 0 Å². The molecule has 1 aliphatic heterocycles. The van der Waals surface area contributed by atoms with Gasteiger partial charge < -0.3 is 15.3 Å². The molecule has 0 spiro atoms. The molecule has 94 valence electrons. The Bertz CT molecular complexity index is 370. The monoisotopic (exact) mass is 234 g/mol. The third-order valence-electron chi connectivity index (χ3n) is 3.32. The molecule has 0 bridgehead atoms. The molecule has 3 heteroatoms. The molecular formula is C14H22N2O. The van der Waals surface area contributed by atoms with E-state index in [0.717, 1.165) is 37.5 Å². The highest BCUT2D eigenvalue weighted by Crippen LogP contribution is 2.22. The Morgan fingerprint density at radius 3 is 2.88 bits per heavy atom. The molecule has 1 aromatic carbocycles. The quantitative estimate of drug-likeness (QED) is 0.831. The van der Waals surface area contributed by atoms with Crippen molar-refractivity contribution in [2.24, 2.45) is 5.92 Å². The first-order chi connectivity index (χ1) is 8.15. The van der Waals surface area contributed by atoms with Gasteiger partial charge in [0.15, 0.2) is 0 Å². The van der Waals surface area contributed by atoms with Gasteiger partial charge in [0.05, 0.1) is 0 Å². The van der Waals surface area contributed by atoms with Crippen LogP contribution in [-0.4, -0.2) is 37.2 Å². The van der Waals surface area contributed by atoms with Crippen molar-refractivity contribution in [1.29, 1.82) is 0 Å². The average Bonchev–Trinajstić information content (AvgIpc) is 2.75. The lowest BCUT2D eigenvalue weighted by atomic mass is 9.97. The van der Waals surface area contributed by atoms with Crippen LogP contribution in [0.2, 0.25) is 0 Å². The highest BCUT2D eigenvalue weighted by atomic mass is 16.3. The molecule has 1 unspecified atom stereocenters. The van der Waals surface area contributed by atoms with E-state index in [9.17, 15) is 5.11 Å². The van der Waals surface area contributed by atoms with E-state index in [1.807, 2.05) is 26.2 Å². The van der Waals surface area contributed by atoms with Gasteiger partial charge >= 0.3 is 0 Å². The van der Waals surface area contributed by atoms with Crippen molar-refractivity contribution in [2.45, 2.75) is 19.4 Å². The first-order valence-corrected chi connectivity index (χ1v) is 6.31. The Kier molecular flexibility index (Phi) is 4.02. The molecule has 17 heavy (non-hydrogen) atoms. The first kappa shape index (κ1) is 12.4. The molecule has 0 amide bonds. The molecule has 2 rings (SSSR count). The van der Waals surface area contributed by atoms with Crippen molar-refractivity contribution < 1.29 is 5.11 Å². The highest BCUT2D eigenvalue weighted by Gasteiger charge is 2.15. The maximum absolute atomic E-state index is 9.81. The molecule has 1 aliphatic rings. The molecule has 1 heterocycles. The molecule has 2 N–H and O–H groups in total. The van der Waals surface area contributed by atoms with E-state index in [4.69, 9.17) is 0 Å². The zero-order valence-electron chi connectivity index (χ0n) is 10.7. The standard InChI is InChI=1S/C14H22N2O/c1-16(2)10-13-8-11(3-4-14(13)17)7-12-5-6-15-9-12/h3-4,8,12,15,17H,5-7,9-10H2,1-2H3. The van der Waals surface area contributed by atoms with Crippen LogP contribution in [0, 0.1) is 5.92 Å². The van der Waals surface area contributed by atoms with Gasteiger partial charge in [-0.2, -0.15) is 0 Å². The van der Waals surface area contributed by atoms with Crippen molar-refractivity contribution in [1.82, 2.24) is 10.2 Å². The Labute approximate surface area is 103 Å². The van der Waals surface area contributed by atoms with Crippen LogP contribution in [0.5, 0.6) is 5.75 Å². The number of phenolic OH excluding ortho intramolecular Hbond substituents is 1. The molecule has 1 atom stereocenters. The number of phenols is 1. The normalized spacial score (nSPS) is 20.1. The number of rotatable bonds is 4. The van der Waals surface area contributed by atoms with Crippen LogP contribution in [-0.2, 0) is 13.0 Å². The molecular weight excluding hydrogens is 212 g/mol. The number of nitrogens with zero attached hydrogens (tertiary/aromatic N) is 1. The predicted molar refractivity (Wildman–Crippen MR) is 70.2 cm³/mol. The van der Waals surface area contributed by atoms with Gasteiger partial charge in [0.2, 0.25) is 0 Å². The Hall–Kier alpha value is -1.06. The van der Waals surface area contributed by atoms with Crippen molar-refractivity contribution in [3.05, 3.63) is 29.3 Å². The second-order valence-electron chi connectivity index (χ2n) is 5.26. The fraction of sp³-hybridized carbons (Fsp3) is 0.571. The van der Waals surface area contributed by atoms with Crippen LogP contribution in [0.25, 0.3) is 0 Å². The molecule has 0 aromatic heterocycles. The van der Waals surface area contributed by atoms with Gasteiger partial charge in [0.1, 0.15) is 5.75 Å². The summed E-state index contributed by atoms with van der Waals surface area (Å²) in [7, 11) is 4.04. The third kappa shape index (κ3) is 3.45. The molecule has 1 fully saturated rings. The minimum Gasteiger partial charge on any atom is -0.508 e. The summed E-state index contributed by atoms with van der Waals surface area (Å²) in [6.45, 7) is 3.07. The van der Waals surface area contributed by atoms with Crippen molar-refractivity contribution in [3.63, 3.8) is 0 Å². The minimum atomic E-state index is 0.409. The van der Waals surface area contributed by atoms with Gasteiger partial charge in [0, 0.05) is 12.1 Å². The van der Waals surface area contributed by atoms with Gasteiger partial charge in [-0.25, -0.2) is 0 Å². The summed E-state index contributed by atoms with van der Waals surface area (Å²) in [6, 6.07) is 6.02. The highest BCUT2D eigenvalue weighted by molar-refractivity contribution is 5.36. The van der Waals surface area contributed by atoms with Crippen molar-refractivity contribution >= 4 is 0 Å². The Morgan fingerprint density at radius 1 is 1.41 bits per heavy atom.